The minimum Gasteiger partial charge on any atom is -0.322 e. The van der Waals surface area contributed by atoms with Crippen LogP contribution in [0.5, 0.6) is 0 Å². The van der Waals surface area contributed by atoms with Crippen LogP contribution < -0.4 is 5.32 Å². The first-order valence-electron chi connectivity index (χ1n) is 8.03. The molecule has 0 aliphatic heterocycles. The van der Waals surface area contributed by atoms with E-state index in [1.807, 2.05) is 49.4 Å². The van der Waals surface area contributed by atoms with E-state index in [1.165, 1.54) is 11.3 Å². The van der Waals surface area contributed by atoms with Gasteiger partial charge in [0.15, 0.2) is 5.82 Å². The quantitative estimate of drug-likeness (QED) is 0.522. The number of carbonyl (C=O) groups excluding carboxylic acids is 1. The number of halogens is 1. The number of amides is 1. The van der Waals surface area contributed by atoms with Crippen molar-refractivity contribution >= 4 is 43.8 Å². The normalized spacial score (nSPS) is 11.0. The van der Waals surface area contributed by atoms with Crippen LogP contribution in [0, 0.1) is 0 Å². The number of carbonyl (C=O) groups is 1. The molecule has 1 N–H and O–H groups in total. The average Bonchev–Trinajstić information content (AvgIpc) is 3.22. The van der Waals surface area contributed by atoms with E-state index >= 15 is 0 Å². The van der Waals surface area contributed by atoms with Gasteiger partial charge >= 0.3 is 0 Å². The second kappa shape index (κ2) is 6.97. The van der Waals surface area contributed by atoms with Gasteiger partial charge in [0.2, 0.25) is 4.96 Å². The summed E-state index contributed by atoms with van der Waals surface area (Å²) in [6.07, 6.45) is 0.770. The van der Waals surface area contributed by atoms with Gasteiger partial charge in [-0.3, -0.25) is 4.79 Å². The summed E-state index contributed by atoms with van der Waals surface area (Å²) in [5.41, 5.74) is 2.22. The molecule has 0 radical (unpaired) electrons. The summed E-state index contributed by atoms with van der Waals surface area (Å²) in [5, 5.41) is 16.6. The molecule has 6 nitrogen and oxygen atoms in total. The smallest absolute Gasteiger partial charge is 0.256 e. The Kier molecular flexibility index (Phi) is 4.52. The highest BCUT2D eigenvalue weighted by Crippen LogP contribution is 2.28. The predicted molar refractivity (Wildman–Crippen MR) is 106 cm³/mol. The highest BCUT2D eigenvalue weighted by molar-refractivity contribution is 9.10. The molecule has 2 aromatic carbocycles. The van der Waals surface area contributed by atoms with E-state index in [0.717, 1.165) is 32.2 Å². The van der Waals surface area contributed by atoms with Gasteiger partial charge in [0, 0.05) is 22.1 Å². The number of benzene rings is 2. The van der Waals surface area contributed by atoms with Crippen molar-refractivity contribution < 1.29 is 4.79 Å². The summed E-state index contributed by atoms with van der Waals surface area (Å²) < 4.78 is 2.53. The summed E-state index contributed by atoms with van der Waals surface area (Å²) in [6.45, 7) is 2.02. The van der Waals surface area contributed by atoms with Gasteiger partial charge in [-0.05, 0) is 40.2 Å². The number of hydrogen-bond donors (Lipinski definition) is 1. The monoisotopic (exact) mass is 427 g/mol. The van der Waals surface area contributed by atoms with Gasteiger partial charge in [0.1, 0.15) is 5.01 Å². The molecule has 0 aliphatic rings. The molecule has 0 bridgehead atoms. The second-order valence-corrected chi connectivity index (χ2v) is 7.40. The molecule has 4 aromatic rings. The molecule has 0 spiro atoms. The number of hydrogen-bond acceptors (Lipinski definition) is 5. The third-order valence-corrected chi connectivity index (χ3v) is 5.50. The summed E-state index contributed by atoms with van der Waals surface area (Å²) in [4.78, 5) is 13.3. The third kappa shape index (κ3) is 3.13. The van der Waals surface area contributed by atoms with E-state index in [0.29, 0.717) is 11.3 Å². The van der Waals surface area contributed by atoms with E-state index in [2.05, 4.69) is 36.5 Å². The van der Waals surface area contributed by atoms with Gasteiger partial charge in [0.25, 0.3) is 5.91 Å². The number of aromatic nitrogens is 4. The zero-order valence-electron chi connectivity index (χ0n) is 13.8. The van der Waals surface area contributed by atoms with Crippen molar-refractivity contribution in [1.29, 1.82) is 0 Å². The molecule has 4 rings (SSSR count). The molecule has 0 unspecified atom stereocenters. The van der Waals surface area contributed by atoms with E-state index in [4.69, 9.17) is 0 Å². The summed E-state index contributed by atoms with van der Waals surface area (Å²) >= 11 is 4.88. The van der Waals surface area contributed by atoms with Crippen molar-refractivity contribution in [2.24, 2.45) is 0 Å². The number of rotatable bonds is 4. The Labute approximate surface area is 162 Å². The van der Waals surface area contributed by atoms with Gasteiger partial charge < -0.3 is 5.32 Å². The number of nitrogens with one attached hydrogen (secondary N) is 1. The summed E-state index contributed by atoms with van der Waals surface area (Å²) in [7, 11) is 0. The zero-order valence-corrected chi connectivity index (χ0v) is 16.2. The van der Waals surface area contributed by atoms with E-state index in [1.54, 1.807) is 10.6 Å². The molecule has 26 heavy (non-hydrogen) atoms. The maximum atomic E-state index is 12.5. The van der Waals surface area contributed by atoms with Crippen molar-refractivity contribution in [3.8, 4) is 10.6 Å². The number of nitrogens with zero attached hydrogens (tertiary/aromatic N) is 4. The zero-order chi connectivity index (χ0) is 18.1. The Morgan fingerprint density at radius 1 is 1.19 bits per heavy atom. The maximum Gasteiger partial charge on any atom is 0.256 e. The topological polar surface area (TPSA) is 72.2 Å². The number of aryl methyl sites for hydroxylation is 1. The van der Waals surface area contributed by atoms with Crippen molar-refractivity contribution in [3.63, 3.8) is 0 Å². The first-order chi connectivity index (χ1) is 12.7. The number of anilines is 1. The van der Waals surface area contributed by atoms with Gasteiger partial charge in [0.05, 0.1) is 5.56 Å². The standard InChI is InChI=1S/C18H14BrN5OS/c1-2-15-21-22-18-24(15)23-17(26-18)11-6-5-7-12(10-11)20-16(25)13-8-3-4-9-14(13)19/h3-10H,2H2,1H3,(H,20,25). The van der Waals surface area contributed by atoms with E-state index in [9.17, 15) is 4.79 Å². The van der Waals surface area contributed by atoms with Crippen LogP contribution in [-0.2, 0) is 6.42 Å². The van der Waals surface area contributed by atoms with Crippen LogP contribution in [0.2, 0.25) is 0 Å². The van der Waals surface area contributed by atoms with Crippen LogP contribution in [0.3, 0.4) is 0 Å². The fraction of sp³-hybridized carbons (Fsp3) is 0.111. The minimum absolute atomic E-state index is 0.166. The molecule has 0 saturated carbocycles. The molecule has 0 aliphatic carbocycles. The number of fused-ring (bicyclic) bond motifs is 1. The van der Waals surface area contributed by atoms with Gasteiger partial charge in [-0.2, -0.15) is 9.61 Å². The van der Waals surface area contributed by atoms with Crippen LogP contribution in [0.25, 0.3) is 15.5 Å². The lowest BCUT2D eigenvalue weighted by atomic mass is 10.2. The predicted octanol–water partition coefficient (Wildman–Crippen LogP) is 4.43. The van der Waals surface area contributed by atoms with Crippen molar-refractivity contribution in [2.45, 2.75) is 13.3 Å². The highest BCUT2D eigenvalue weighted by Gasteiger charge is 2.13. The van der Waals surface area contributed by atoms with Crippen LogP contribution in [-0.4, -0.2) is 25.7 Å². The molecular formula is C18H14BrN5OS. The van der Waals surface area contributed by atoms with Gasteiger partial charge in [-0.1, -0.05) is 42.5 Å². The molecule has 8 heteroatoms. The lowest BCUT2D eigenvalue weighted by Gasteiger charge is -2.07. The van der Waals surface area contributed by atoms with Crippen LogP contribution in [0.4, 0.5) is 5.69 Å². The van der Waals surface area contributed by atoms with Crippen LogP contribution >= 0.6 is 27.3 Å². The second-order valence-electron chi connectivity index (χ2n) is 5.59. The van der Waals surface area contributed by atoms with Crippen LogP contribution in [0.15, 0.2) is 53.0 Å². The fourth-order valence-electron chi connectivity index (χ4n) is 2.57. The average molecular weight is 428 g/mol. The van der Waals surface area contributed by atoms with Gasteiger partial charge in [-0.15, -0.1) is 10.2 Å². The Bertz CT molecular complexity index is 1100. The largest absolute Gasteiger partial charge is 0.322 e. The Hall–Kier alpha value is -2.58. The molecule has 0 atom stereocenters. The molecule has 2 heterocycles. The Balaban J connectivity index is 1.62. The van der Waals surface area contributed by atoms with Crippen LogP contribution in [0.1, 0.15) is 23.1 Å². The van der Waals surface area contributed by atoms with Crippen molar-refractivity contribution in [2.75, 3.05) is 5.32 Å². The van der Waals surface area contributed by atoms with E-state index < -0.39 is 0 Å². The van der Waals surface area contributed by atoms with Gasteiger partial charge in [-0.25, -0.2) is 0 Å². The third-order valence-electron chi connectivity index (χ3n) is 3.86. The molecular weight excluding hydrogens is 414 g/mol. The van der Waals surface area contributed by atoms with E-state index in [-0.39, 0.29) is 5.91 Å². The molecule has 0 fully saturated rings. The lowest BCUT2D eigenvalue weighted by Crippen LogP contribution is -2.12. The highest BCUT2D eigenvalue weighted by atomic mass is 79.9. The first kappa shape index (κ1) is 16.9. The molecule has 1 amide bonds. The fourth-order valence-corrected chi connectivity index (χ4v) is 3.89. The SMILES string of the molecule is CCc1nnc2sc(-c3cccc(NC(=O)c4ccccc4Br)c3)nn12. The van der Waals surface area contributed by atoms with Crippen molar-refractivity contribution in [3.05, 3.63) is 64.4 Å². The summed E-state index contributed by atoms with van der Waals surface area (Å²) in [5.74, 6) is 0.668. The molecule has 0 saturated heterocycles. The Morgan fingerprint density at radius 2 is 2.04 bits per heavy atom. The first-order valence-corrected chi connectivity index (χ1v) is 9.64. The van der Waals surface area contributed by atoms with Crippen molar-refractivity contribution in [1.82, 2.24) is 19.8 Å². The molecule has 2 aromatic heterocycles. The minimum atomic E-state index is -0.166. The maximum absolute atomic E-state index is 12.5. The summed E-state index contributed by atoms with van der Waals surface area (Å²) in [6, 6.07) is 15.0. The lowest BCUT2D eigenvalue weighted by molar-refractivity contribution is 0.102. The Morgan fingerprint density at radius 3 is 2.85 bits per heavy atom. The molecule has 130 valence electrons.